The average Bonchev–Trinajstić information content (AvgIpc) is 2.69. The lowest BCUT2D eigenvalue weighted by Gasteiger charge is -2.31. The Morgan fingerprint density at radius 1 is 1.18 bits per heavy atom. The highest BCUT2D eigenvalue weighted by molar-refractivity contribution is 5.68. The summed E-state index contributed by atoms with van der Waals surface area (Å²) in [7, 11) is 0. The minimum atomic E-state index is -0.906. The number of carbonyl (C=O) groups excluding carboxylic acids is 1. The van der Waals surface area contributed by atoms with E-state index >= 15 is 0 Å². The van der Waals surface area contributed by atoms with Gasteiger partial charge in [0.2, 0.25) is 0 Å². The van der Waals surface area contributed by atoms with Crippen molar-refractivity contribution in [1.29, 1.82) is 0 Å². The molecule has 1 aliphatic heterocycles. The van der Waals surface area contributed by atoms with Crippen molar-refractivity contribution in [2.45, 2.75) is 90.1 Å². The largest absolute Gasteiger partial charge is 0.444 e. The van der Waals surface area contributed by atoms with E-state index < -0.39 is 23.1 Å². The van der Waals surface area contributed by atoms with Crippen LogP contribution < -0.4 is 5.32 Å². The van der Waals surface area contributed by atoms with Gasteiger partial charge in [-0.2, -0.15) is 0 Å². The topological polar surface area (TPSA) is 77.0 Å². The molecule has 2 fully saturated rings. The molecule has 4 atom stereocenters. The van der Waals surface area contributed by atoms with E-state index in [4.69, 9.17) is 14.2 Å². The molecule has 0 radical (unpaired) electrons. The van der Waals surface area contributed by atoms with Gasteiger partial charge in [0.05, 0.1) is 17.7 Å². The number of carbonyl (C=O) groups is 1. The number of fused-ring (bicyclic) bond motifs is 1. The lowest BCUT2D eigenvalue weighted by molar-refractivity contribution is -0.168. The second-order valence-corrected chi connectivity index (χ2v) is 8.31. The van der Waals surface area contributed by atoms with Crippen LogP contribution >= 0.6 is 0 Å². The summed E-state index contributed by atoms with van der Waals surface area (Å²) in [6.07, 6.45) is -0.399. The number of alkyl carbamates (subject to hydrolysis) is 1. The normalized spacial score (nSPS) is 34.4. The highest BCUT2D eigenvalue weighted by atomic mass is 16.8. The first kappa shape index (κ1) is 17.5. The van der Waals surface area contributed by atoms with Crippen molar-refractivity contribution in [2.24, 2.45) is 5.92 Å². The molecule has 1 saturated heterocycles. The molecule has 128 valence electrons. The van der Waals surface area contributed by atoms with E-state index in [0.29, 0.717) is 6.42 Å². The highest BCUT2D eigenvalue weighted by Gasteiger charge is 2.57. The first-order valence-electron chi connectivity index (χ1n) is 7.86. The molecule has 6 heteroatoms. The maximum Gasteiger partial charge on any atom is 0.407 e. The van der Waals surface area contributed by atoms with Gasteiger partial charge in [0, 0.05) is 5.92 Å². The molecule has 2 aliphatic rings. The monoisotopic (exact) mass is 315 g/mol. The number of rotatable bonds is 2. The maximum atomic E-state index is 12.0. The van der Waals surface area contributed by atoms with Crippen LogP contribution in [0, 0.1) is 5.92 Å². The number of hydrogen-bond acceptors (Lipinski definition) is 5. The van der Waals surface area contributed by atoms with Crippen LogP contribution in [-0.4, -0.2) is 46.4 Å². The van der Waals surface area contributed by atoms with Gasteiger partial charge in [-0.1, -0.05) is 0 Å². The predicted octanol–water partition coefficient (Wildman–Crippen LogP) is 2.19. The van der Waals surface area contributed by atoms with Crippen molar-refractivity contribution in [1.82, 2.24) is 5.32 Å². The van der Waals surface area contributed by atoms with E-state index in [2.05, 4.69) is 5.32 Å². The minimum absolute atomic E-state index is 0.112. The van der Waals surface area contributed by atoms with Gasteiger partial charge in [0.15, 0.2) is 5.79 Å². The second-order valence-electron chi connectivity index (χ2n) is 8.31. The van der Waals surface area contributed by atoms with E-state index in [1.807, 2.05) is 34.6 Å². The summed E-state index contributed by atoms with van der Waals surface area (Å²) in [4.78, 5) is 12.0. The fraction of sp³-hybridized carbons (Fsp3) is 0.938. The quantitative estimate of drug-likeness (QED) is 0.817. The molecule has 0 aromatic rings. The Morgan fingerprint density at radius 2 is 1.73 bits per heavy atom. The van der Waals surface area contributed by atoms with E-state index in [9.17, 15) is 9.90 Å². The fourth-order valence-electron chi connectivity index (χ4n) is 3.27. The predicted molar refractivity (Wildman–Crippen MR) is 81.4 cm³/mol. The Kier molecular flexibility index (Phi) is 4.26. The first-order chi connectivity index (χ1) is 9.78. The molecule has 1 amide bonds. The zero-order valence-electron chi connectivity index (χ0n) is 14.6. The first-order valence-corrected chi connectivity index (χ1v) is 7.86. The van der Waals surface area contributed by atoms with Gasteiger partial charge in [-0.05, 0) is 54.9 Å². The summed E-state index contributed by atoms with van der Waals surface area (Å²) in [6, 6.07) is -0.238. The van der Waals surface area contributed by atoms with Crippen LogP contribution in [0.3, 0.4) is 0 Å². The van der Waals surface area contributed by atoms with E-state index in [0.717, 1.165) is 0 Å². The van der Waals surface area contributed by atoms with Gasteiger partial charge >= 0.3 is 6.09 Å². The third-order valence-corrected chi connectivity index (χ3v) is 4.07. The Bertz CT molecular complexity index is 435. The Morgan fingerprint density at radius 3 is 2.23 bits per heavy atom. The van der Waals surface area contributed by atoms with Gasteiger partial charge < -0.3 is 24.6 Å². The zero-order valence-corrected chi connectivity index (χ0v) is 14.6. The zero-order chi connectivity index (χ0) is 16.9. The molecule has 6 nitrogen and oxygen atoms in total. The second kappa shape index (κ2) is 5.35. The molecule has 0 bridgehead atoms. The standard InChI is InChI=1S/C16H29NO5/c1-14(2,3)22-13(18)17-10-8-9(15(4,5)19)11-12(10)21-16(6,7)20-11/h9-12,19H,8H2,1-7H3,(H,17,18)/t9-,10+,11+,12-/m0/s1. The fourth-order valence-corrected chi connectivity index (χ4v) is 3.27. The molecule has 1 saturated carbocycles. The van der Waals surface area contributed by atoms with Gasteiger partial charge in [-0.25, -0.2) is 4.79 Å². The summed E-state index contributed by atoms with van der Waals surface area (Å²) >= 11 is 0. The molecule has 0 spiro atoms. The molecule has 22 heavy (non-hydrogen) atoms. The lowest BCUT2D eigenvalue weighted by Crippen LogP contribution is -2.45. The highest BCUT2D eigenvalue weighted by Crippen LogP contribution is 2.45. The van der Waals surface area contributed by atoms with Crippen LogP contribution in [0.25, 0.3) is 0 Å². The summed E-state index contributed by atoms with van der Waals surface area (Å²) in [5.74, 6) is -0.827. The van der Waals surface area contributed by atoms with E-state index in [1.165, 1.54) is 0 Å². The Balaban J connectivity index is 2.11. The van der Waals surface area contributed by atoms with Crippen LogP contribution in [0.2, 0.25) is 0 Å². The van der Waals surface area contributed by atoms with Gasteiger partial charge in [0.1, 0.15) is 11.7 Å². The number of amides is 1. The number of nitrogens with one attached hydrogen (secondary N) is 1. The van der Waals surface area contributed by atoms with Crippen molar-refractivity contribution in [3.8, 4) is 0 Å². The number of ether oxygens (including phenoxy) is 3. The molecular weight excluding hydrogens is 286 g/mol. The van der Waals surface area contributed by atoms with Crippen LogP contribution in [0.5, 0.6) is 0 Å². The maximum absolute atomic E-state index is 12.0. The van der Waals surface area contributed by atoms with Crippen LogP contribution in [0.4, 0.5) is 4.79 Å². The average molecular weight is 315 g/mol. The minimum Gasteiger partial charge on any atom is -0.444 e. The Labute approximate surface area is 132 Å². The van der Waals surface area contributed by atoms with Crippen molar-refractivity contribution in [3.05, 3.63) is 0 Å². The lowest BCUT2D eigenvalue weighted by atomic mass is 9.87. The molecule has 0 unspecified atom stereocenters. The van der Waals surface area contributed by atoms with Crippen molar-refractivity contribution in [2.75, 3.05) is 0 Å². The smallest absolute Gasteiger partial charge is 0.407 e. The third kappa shape index (κ3) is 3.91. The Hall–Kier alpha value is -0.850. The van der Waals surface area contributed by atoms with E-state index in [1.54, 1.807) is 13.8 Å². The van der Waals surface area contributed by atoms with Gasteiger partial charge in [-0.3, -0.25) is 0 Å². The summed E-state index contributed by atoms with van der Waals surface area (Å²) in [5, 5.41) is 13.3. The van der Waals surface area contributed by atoms with Gasteiger partial charge in [0.25, 0.3) is 0 Å². The van der Waals surface area contributed by atoms with Crippen molar-refractivity contribution < 1.29 is 24.1 Å². The van der Waals surface area contributed by atoms with Crippen LogP contribution in [0.1, 0.15) is 54.9 Å². The summed E-state index contributed by atoms with van der Waals surface area (Å²) < 4.78 is 17.2. The molecule has 0 aromatic carbocycles. The van der Waals surface area contributed by atoms with Crippen LogP contribution in [0.15, 0.2) is 0 Å². The SMILES string of the molecule is CC(C)(C)OC(=O)N[C@@H]1C[C@H](C(C)(C)O)[C@H]2OC(C)(C)O[C@H]21. The van der Waals surface area contributed by atoms with Crippen molar-refractivity contribution in [3.63, 3.8) is 0 Å². The molecule has 1 aliphatic carbocycles. The third-order valence-electron chi connectivity index (χ3n) is 4.07. The summed E-state index contributed by atoms with van der Waals surface area (Å²) in [6.45, 7) is 12.7. The summed E-state index contributed by atoms with van der Waals surface area (Å²) in [5.41, 5.74) is -1.46. The molecule has 2 N–H and O–H groups in total. The molecule has 0 aromatic heterocycles. The van der Waals surface area contributed by atoms with Crippen molar-refractivity contribution >= 4 is 6.09 Å². The molecule has 1 heterocycles. The number of aliphatic hydroxyl groups is 1. The van der Waals surface area contributed by atoms with Crippen LogP contribution in [-0.2, 0) is 14.2 Å². The van der Waals surface area contributed by atoms with E-state index in [-0.39, 0.29) is 24.2 Å². The molecular formula is C16H29NO5. The number of hydrogen-bond donors (Lipinski definition) is 2. The van der Waals surface area contributed by atoms with Gasteiger partial charge in [-0.15, -0.1) is 0 Å². The molecule has 2 rings (SSSR count).